The standard InChI is InChI=1S/C15H22BrFN2/c1-4-10(2)15-9-19(11(3)8-18-15)12-5-6-14(17)13(16)7-12/h5-7,10-11,15,18H,4,8-9H2,1-3H3. The summed E-state index contributed by atoms with van der Waals surface area (Å²) < 4.78 is 13.9. The molecular formula is C15H22BrFN2. The predicted octanol–water partition coefficient (Wildman–Crippen LogP) is 3.80. The molecule has 3 unspecified atom stereocenters. The van der Waals surface area contributed by atoms with Crippen molar-refractivity contribution in [2.24, 2.45) is 5.92 Å². The second kappa shape index (κ2) is 6.23. The van der Waals surface area contributed by atoms with Gasteiger partial charge in [0.25, 0.3) is 0 Å². The molecule has 0 aromatic heterocycles. The van der Waals surface area contributed by atoms with E-state index in [0.717, 1.165) is 18.8 Å². The molecule has 0 amide bonds. The molecule has 19 heavy (non-hydrogen) atoms. The lowest BCUT2D eigenvalue weighted by Gasteiger charge is -2.42. The van der Waals surface area contributed by atoms with E-state index in [2.05, 4.69) is 46.9 Å². The summed E-state index contributed by atoms with van der Waals surface area (Å²) in [6.07, 6.45) is 1.17. The maximum Gasteiger partial charge on any atom is 0.137 e. The van der Waals surface area contributed by atoms with Crippen LogP contribution in [0.5, 0.6) is 0 Å². The van der Waals surface area contributed by atoms with Crippen molar-refractivity contribution in [3.8, 4) is 0 Å². The first-order valence-electron chi connectivity index (χ1n) is 6.98. The highest BCUT2D eigenvalue weighted by atomic mass is 79.9. The summed E-state index contributed by atoms with van der Waals surface area (Å²) in [5, 5.41) is 3.62. The summed E-state index contributed by atoms with van der Waals surface area (Å²) in [5.74, 6) is 0.448. The van der Waals surface area contributed by atoms with Crippen LogP contribution in [0.4, 0.5) is 10.1 Å². The molecule has 0 radical (unpaired) electrons. The smallest absolute Gasteiger partial charge is 0.137 e. The topological polar surface area (TPSA) is 15.3 Å². The Bertz CT molecular complexity index is 438. The molecular weight excluding hydrogens is 307 g/mol. The Hall–Kier alpha value is -0.610. The predicted molar refractivity (Wildman–Crippen MR) is 82.2 cm³/mol. The van der Waals surface area contributed by atoms with Crippen LogP contribution in [-0.2, 0) is 0 Å². The van der Waals surface area contributed by atoms with Crippen molar-refractivity contribution >= 4 is 21.6 Å². The summed E-state index contributed by atoms with van der Waals surface area (Å²) in [5.41, 5.74) is 1.09. The Balaban J connectivity index is 2.18. The van der Waals surface area contributed by atoms with Crippen molar-refractivity contribution in [2.45, 2.75) is 39.3 Å². The fourth-order valence-corrected chi connectivity index (χ4v) is 2.94. The molecule has 4 heteroatoms. The van der Waals surface area contributed by atoms with Crippen LogP contribution in [0.2, 0.25) is 0 Å². The fraction of sp³-hybridized carbons (Fsp3) is 0.600. The Morgan fingerprint density at radius 3 is 2.89 bits per heavy atom. The second-order valence-corrected chi connectivity index (χ2v) is 6.35. The number of hydrogen-bond acceptors (Lipinski definition) is 2. The van der Waals surface area contributed by atoms with Gasteiger partial charge in [-0.2, -0.15) is 0 Å². The van der Waals surface area contributed by atoms with Crippen molar-refractivity contribution in [3.63, 3.8) is 0 Å². The molecule has 2 rings (SSSR count). The Morgan fingerprint density at radius 2 is 2.26 bits per heavy atom. The summed E-state index contributed by atoms with van der Waals surface area (Å²) >= 11 is 3.27. The monoisotopic (exact) mass is 328 g/mol. The molecule has 1 saturated heterocycles. The van der Waals surface area contributed by atoms with Crippen LogP contribution in [0.25, 0.3) is 0 Å². The molecule has 1 aromatic carbocycles. The number of benzene rings is 1. The molecule has 1 aliphatic heterocycles. The van der Waals surface area contributed by atoms with E-state index in [1.807, 2.05) is 12.1 Å². The average molecular weight is 329 g/mol. The largest absolute Gasteiger partial charge is 0.366 e. The van der Waals surface area contributed by atoms with Crippen LogP contribution < -0.4 is 10.2 Å². The van der Waals surface area contributed by atoms with Crippen LogP contribution >= 0.6 is 15.9 Å². The van der Waals surface area contributed by atoms with Crippen LogP contribution in [0, 0.1) is 11.7 Å². The normalized spacial score (nSPS) is 25.4. The van der Waals surface area contributed by atoms with Gasteiger partial charge >= 0.3 is 0 Å². The highest BCUT2D eigenvalue weighted by Crippen LogP contribution is 2.27. The van der Waals surface area contributed by atoms with Gasteiger partial charge < -0.3 is 10.2 Å². The van der Waals surface area contributed by atoms with Crippen molar-refractivity contribution in [3.05, 3.63) is 28.5 Å². The molecule has 0 aliphatic carbocycles. The van der Waals surface area contributed by atoms with E-state index < -0.39 is 0 Å². The number of nitrogens with zero attached hydrogens (tertiary/aromatic N) is 1. The van der Waals surface area contributed by atoms with Gasteiger partial charge in [0.15, 0.2) is 0 Å². The van der Waals surface area contributed by atoms with Gasteiger partial charge in [-0.05, 0) is 47.0 Å². The van der Waals surface area contributed by atoms with Crippen molar-refractivity contribution in [1.82, 2.24) is 5.32 Å². The van der Waals surface area contributed by atoms with Crippen molar-refractivity contribution in [1.29, 1.82) is 0 Å². The number of hydrogen-bond donors (Lipinski definition) is 1. The van der Waals surface area contributed by atoms with Gasteiger partial charge in [0, 0.05) is 30.9 Å². The molecule has 1 heterocycles. The van der Waals surface area contributed by atoms with Gasteiger partial charge in [-0.25, -0.2) is 4.39 Å². The van der Waals surface area contributed by atoms with E-state index >= 15 is 0 Å². The van der Waals surface area contributed by atoms with E-state index in [1.165, 1.54) is 12.5 Å². The van der Waals surface area contributed by atoms with Crippen molar-refractivity contribution in [2.75, 3.05) is 18.0 Å². The maximum atomic E-state index is 13.3. The van der Waals surface area contributed by atoms with Crippen LogP contribution in [-0.4, -0.2) is 25.2 Å². The van der Waals surface area contributed by atoms with Crippen LogP contribution in [0.15, 0.2) is 22.7 Å². The molecule has 3 atom stereocenters. The van der Waals surface area contributed by atoms with Gasteiger partial charge in [0.1, 0.15) is 5.82 Å². The number of rotatable bonds is 3. The van der Waals surface area contributed by atoms with E-state index in [4.69, 9.17) is 0 Å². The molecule has 1 aliphatic rings. The van der Waals surface area contributed by atoms with Crippen molar-refractivity contribution < 1.29 is 4.39 Å². The third kappa shape index (κ3) is 3.29. The van der Waals surface area contributed by atoms with E-state index in [0.29, 0.717) is 22.5 Å². The zero-order valence-electron chi connectivity index (χ0n) is 11.8. The number of halogens is 2. The number of nitrogens with one attached hydrogen (secondary N) is 1. The summed E-state index contributed by atoms with van der Waals surface area (Å²) in [6, 6.07) is 6.22. The highest BCUT2D eigenvalue weighted by molar-refractivity contribution is 9.10. The molecule has 0 bridgehead atoms. The first-order chi connectivity index (χ1) is 9.02. The van der Waals surface area contributed by atoms with E-state index in [-0.39, 0.29) is 5.82 Å². The summed E-state index contributed by atoms with van der Waals surface area (Å²) in [4.78, 5) is 2.37. The Morgan fingerprint density at radius 1 is 1.53 bits per heavy atom. The molecule has 0 saturated carbocycles. The zero-order chi connectivity index (χ0) is 14.0. The highest BCUT2D eigenvalue weighted by Gasteiger charge is 2.28. The molecule has 0 spiro atoms. The molecule has 106 valence electrons. The second-order valence-electron chi connectivity index (χ2n) is 5.50. The lowest BCUT2D eigenvalue weighted by atomic mass is 9.95. The quantitative estimate of drug-likeness (QED) is 0.907. The molecule has 1 N–H and O–H groups in total. The van der Waals surface area contributed by atoms with Gasteiger partial charge in [-0.1, -0.05) is 20.3 Å². The summed E-state index contributed by atoms with van der Waals surface area (Å²) in [6.45, 7) is 8.67. The fourth-order valence-electron chi connectivity index (χ4n) is 2.58. The van der Waals surface area contributed by atoms with Gasteiger partial charge in [-0.3, -0.25) is 0 Å². The van der Waals surface area contributed by atoms with Gasteiger partial charge in [0.05, 0.1) is 4.47 Å². The van der Waals surface area contributed by atoms with Crippen LogP contribution in [0.3, 0.4) is 0 Å². The third-order valence-electron chi connectivity index (χ3n) is 4.17. The van der Waals surface area contributed by atoms with Gasteiger partial charge in [0.2, 0.25) is 0 Å². The van der Waals surface area contributed by atoms with E-state index in [9.17, 15) is 4.39 Å². The lowest BCUT2D eigenvalue weighted by Crippen LogP contribution is -2.57. The molecule has 2 nitrogen and oxygen atoms in total. The minimum absolute atomic E-state index is 0.204. The minimum atomic E-state index is -0.204. The molecule has 1 fully saturated rings. The lowest BCUT2D eigenvalue weighted by molar-refractivity contribution is 0.316. The SMILES string of the molecule is CCC(C)C1CN(c2ccc(F)c(Br)c2)C(C)CN1. The first kappa shape index (κ1) is 14.8. The molecule has 1 aromatic rings. The average Bonchev–Trinajstić information content (AvgIpc) is 2.41. The zero-order valence-corrected chi connectivity index (χ0v) is 13.4. The van der Waals surface area contributed by atoms with Crippen LogP contribution in [0.1, 0.15) is 27.2 Å². The number of piperazine rings is 1. The minimum Gasteiger partial charge on any atom is -0.366 e. The van der Waals surface area contributed by atoms with E-state index in [1.54, 1.807) is 0 Å². The Kier molecular flexibility index (Phi) is 4.85. The first-order valence-corrected chi connectivity index (χ1v) is 7.77. The number of anilines is 1. The Labute approximate surface area is 123 Å². The van der Waals surface area contributed by atoms with Gasteiger partial charge in [-0.15, -0.1) is 0 Å². The maximum absolute atomic E-state index is 13.3. The third-order valence-corrected chi connectivity index (χ3v) is 4.77. The summed E-state index contributed by atoms with van der Waals surface area (Å²) in [7, 11) is 0.